The van der Waals surface area contributed by atoms with Crippen molar-refractivity contribution in [2.45, 2.75) is 31.1 Å². The topological polar surface area (TPSA) is 21.3 Å². The molecule has 4 bridgehead atoms. The molecule has 2 heterocycles. The van der Waals surface area contributed by atoms with Gasteiger partial charge in [-0.3, -0.25) is 0 Å². The fraction of sp³-hybridized carbons (Fsp3) is 0.158. The summed E-state index contributed by atoms with van der Waals surface area (Å²) < 4.78 is 8.80. The number of hydrogen-bond donors (Lipinski definition) is 0. The summed E-state index contributed by atoms with van der Waals surface area (Å²) >= 11 is 0. The third kappa shape index (κ3) is 4.29. The van der Waals surface area contributed by atoms with E-state index in [0.717, 1.165) is 33.8 Å². The second kappa shape index (κ2) is 12.1. The van der Waals surface area contributed by atoms with E-state index >= 15 is 0 Å². The van der Waals surface area contributed by atoms with Gasteiger partial charge in [-0.25, -0.2) is 0 Å². The predicted octanol–water partition coefficient (Wildman–Crippen LogP) is 15.2. The van der Waals surface area contributed by atoms with Crippen molar-refractivity contribution in [1.82, 2.24) is 4.57 Å². The van der Waals surface area contributed by atoms with Crippen LogP contribution in [0.1, 0.15) is 36.8 Å². The highest BCUT2D eigenvalue weighted by Gasteiger charge is 2.67. The maximum Gasteiger partial charge on any atom is 0.135 e. The van der Waals surface area contributed by atoms with Crippen molar-refractivity contribution in [3.05, 3.63) is 193 Å². The highest BCUT2D eigenvalue weighted by Crippen LogP contribution is 2.75. The molecule has 4 saturated carbocycles. The number of aromatic nitrogens is 1. The van der Waals surface area contributed by atoms with Crippen molar-refractivity contribution >= 4 is 60.8 Å². The van der Waals surface area contributed by atoms with Crippen LogP contribution in [0.3, 0.4) is 0 Å². The average molecular weight is 771 g/mol. The Morgan fingerprint density at radius 3 is 1.92 bits per heavy atom. The Kier molecular flexibility index (Phi) is 6.67. The Bertz CT molecular complexity index is 3320. The lowest BCUT2D eigenvalue weighted by molar-refractivity contribution is 0.191. The first-order valence-electron chi connectivity index (χ1n) is 21.9. The summed E-state index contributed by atoms with van der Waals surface area (Å²) in [5, 5.41) is 4.95. The zero-order valence-corrected chi connectivity index (χ0v) is 33.3. The van der Waals surface area contributed by atoms with Crippen LogP contribution < -0.4 is 4.90 Å². The minimum Gasteiger partial charge on any atom is -0.456 e. The van der Waals surface area contributed by atoms with Gasteiger partial charge in [0.15, 0.2) is 0 Å². The Morgan fingerprint density at radius 1 is 0.483 bits per heavy atom. The molecule has 1 spiro atoms. The molecule has 8 aromatic carbocycles. The molecule has 2 aromatic heterocycles. The number of anilines is 3. The summed E-state index contributed by atoms with van der Waals surface area (Å²) in [4.78, 5) is 2.57. The maximum atomic E-state index is 6.19. The van der Waals surface area contributed by atoms with Gasteiger partial charge in [0.25, 0.3) is 0 Å². The van der Waals surface area contributed by atoms with Crippen molar-refractivity contribution in [3.8, 4) is 27.9 Å². The summed E-state index contributed by atoms with van der Waals surface area (Å²) in [6, 6.07) is 67.8. The van der Waals surface area contributed by atoms with Gasteiger partial charge in [0.2, 0.25) is 0 Å². The SMILES string of the molecule is c1ccc(N(c2ccc(-c3ccc4oc5ccccc5c4c3)cc2)c2cccc3c2C2(c4c-3cccc4-n3c4ccccc4c4ccccc43)C3CC4CC(C3)C2C4)cc1. The molecule has 0 amide bonds. The molecule has 5 atom stereocenters. The molecule has 3 nitrogen and oxygen atoms in total. The molecule has 0 saturated heterocycles. The molecular formula is C57H42N2O. The molecule has 3 heteroatoms. The van der Waals surface area contributed by atoms with Gasteiger partial charge >= 0.3 is 0 Å². The smallest absolute Gasteiger partial charge is 0.135 e. The monoisotopic (exact) mass is 770 g/mol. The largest absolute Gasteiger partial charge is 0.456 e. The highest BCUT2D eigenvalue weighted by atomic mass is 16.3. The number of para-hydroxylation sites is 4. The number of fused-ring (bicyclic) bond motifs is 9. The lowest BCUT2D eigenvalue weighted by atomic mass is 9.58. The fourth-order valence-electron chi connectivity index (χ4n) is 13.4. The molecule has 286 valence electrons. The van der Waals surface area contributed by atoms with Crippen LogP contribution in [0.15, 0.2) is 186 Å². The number of nitrogens with zero attached hydrogens (tertiary/aromatic N) is 2. The van der Waals surface area contributed by atoms with Crippen LogP contribution in [-0.2, 0) is 5.41 Å². The van der Waals surface area contributed by atoms with Gasteiger partial charge < -0.3 is 13.9 Å². The van der Waals surface area contributed by atoms with Crippen LogP contribution in [0, 0.1) is 23.7 Å². The third-order valence-electron chi connectivity index (χ3n) is 15.3. The molecule has 5 aliphatic rings. The van der Waals surface area contributed by atoms with E-state index in [1.54, 1.807) is 11.1 Å². The lowest BCUT2D eigenvalue weighted by Crippen LogP contribution is -2.42. The Labute approximate surface area is 349 Å². The van der Waals surface area contributed by atoms with Crippen LogP contribution in [0.5, 0.6) is 0 Å². The van der Waals surface area contributed by atoms with E-state index in [2.05, 4.69) is 185 Å². The zero-order chi connectivity index (χ0) is 39.1. The van der Waals surface area contributed by atoms with Crippen molar-refractivity contribution < 1.29 is 4.42 Å². The molecule has 15 rings (SSSR count). The van der Waals surface area contributed by atoms with E-state index in [0.29, 0.717) is 11.8 Å². The molecule has 4 fully saturated rings. The predicted molar refractivity (Wildman–Crippen MR) is 247 cm³/mol. The normalized spacial score (nSPS) is 22.1. The minimum absolute atomic E-state index is 0.0856. The Balaban J connectivity index is 0.990. The van der Waals surface area contributed by atoms with Crippen molar-refractivity contribution in [3.63, 3.8) is 0 Å². The van der Waals surface area contributed by atoms with Gasteiger partial charge in [-0.05, 0) is 149 Å². The van der Waals surface area contributed by atoms with Crippen LogP contribution in [0.2, 0.25) is 0 Å². The summed E-state index contributed by atoms with van der Waals surface area (Å²) in [7, 11) is 0. The molecule has 10 aromatic rings. The molecule has 60 heavy (non-hydrogen) atoms. The number of furan rings is 1. The average Bonchev–Trinajstić information content (AvgIpc) is 4.06. The van der Waals surface area contributed by atoms with E-state index in [1.807, 2.05) is 6.07 Å². The van der Waals surface area contributed by atoms with Crippen LogP contribution in [0.25, 0.3) is 71.7 Å². The highest BCUT2D eigenvalue weighted by molar-refractivity contribution is 6.10. The van der Waals surface area contributed by atoms with E-state index in [9.17, 15) is 0 Å². The lowest BCUT2D eigenvalue weighted by Gasteiger charge is -2.46. The molecule has 0 radical (unpaired) electrons. The second-order valence-corrected chi connectivity index (χ2v) is 18.0. The second-order valence-electron chi connectivity index (χ2n) is 18.0. The Hall–Kier alpha value is -6.84. The third-order valence-corrected chi connectivity index (χ3v) is 15.3. The van der Waals surface area contributed by atoms with Gasteiger partial charge in [0.05, 0.1) is 22.4 Å². The first kappa shape index (κ1) is 33.0. The van der Waals surface area contributed by atoms with Gasteiger partial charge in [0.1, 0.15) is 11.2 Å². The van der Waals surface area contributed by atoms with E-state index in [-0.39, 0.29) is 5.41 Å². The fourth-order valence-corrected chi connectivity index (χ4v) is 13.4. The maximum absolute atomic E-state index is 6.19. The van der Waals surface area contributed by atoms with E-state index in [1.165, 1.54) is 92.5 Å². The van der Waals surface area contributed by atoms with Gasteiger partial charge in [-0.1, -0.05) is 115 Å². The molecular weight excluding hydrogens is 729 g/mol. The van der Waals surface area contributed by atoms with Crippen molar-refractivity contribution in [2.24, 2.45) is 23.7 Å². The van der Waals surface area contributed by atoms with Crippen LogP contribution in [0.4, 0.5) is 17.1 Å². The first-order chi connectivity index (χ1) is 29.7. The van der Waals surface area contributed by atoms with Crippen molar-refractivity contribution in [2.75, 3.05) is 4.90 Å². The summed E-state index contributed by atoms with van der Waals surface area (Å²) in [5.41, 5.74) is 17.7. The molecule has 5 aliphatic carbocycles. The Morgan fingerprint density at radius 2 is 1.13 bits per heavy atom. The summed E-state index contributed by atoms with van der Waals surface area (Å²) in [6.07, 6.45) is 5.36. The first-order valence-corrected chi connectivity index (χ1v) is 21.9. The van der Waals surface area contributed by atoms with E-state index in [4.69, 9.17) is 4.42 Å². The number of benzene rings is 8. The minimum atomic E-state index is -0.0856. The van der Waals surface area contributed by atoms with Crippen LogP contribution in [-0.4, -0.2) is 4.57 Å². The molecule has 0 N–H and O–H groups in total. The van der Waals surface area contributed by atoms with E-state index < -0.39 is 0 Å². The van der Waals surface area contributed by atoms with Crippen molar-refractivity contribution in [1.29, 1.82) is 0 Å². The summed E-state index contributed by atoms with van der Waals surface area (Å²) in [6.45, 7) is 0. The van der Waals surface area contributed by atoms with Crippen LogP contribution >= 0.6 is 0 Å². The van der Waals surface area contributed by atoms with Gasteiger partial charge in [-0.2, -0.15) is 0 Å². The summed E-state index contributed by atoms with van der Waals surface area (Å²) in [5.74, 6) is 2.83. The number of hydrogen-bond acceptors (Lipinski definition) is 2. The zero-order valence-electron chi connectivity index (χ0n) is 33.3. The van der Waals surface area contributed by atoms with Gasteiger partial charge in [0, 0.05) is 38.3 Å². The molecule has 0 aliphatic heterocycles. The van der Waals surface area contributed by atoms with Gasteiger partial charge in [-0.15, -0.1) is 0 Å². The quantitative estimate of drug-likeness (QED) is 0.174. The molecule has 5 unspecified atom stereocenters. The number of rotatable bonds is 5. The standard InChI is InChI=1S/C57H42N2O/c1-2-12-40(13-3-1)58(41-27-24-36(25-28-41)37-26-29-54-47(34-37)44-16-6-9-23-53(44)60-54)51-21-10-17-45-46-18-11-22-52(59-49-19-7-4-14-42(49)43-15-5-8-20-50(43)59)56(46)57(55(45)51)39-31-35-30-38(33-39)48(57)32-35/h1-29,34-35,38-39,48H,30-33H2.